The molecule has 0 saturated carbocycles. The molecule has 0 unspecified atom stereocenters. The molecule has 4 N–H and O–H groups in total. The highest BCUT2D eigenvalue weighted by Gasteiger charge is 2.31. The third-order valence-corrected chi connectivity index (χ3v) is 9.72. The highest BCUT2D eigenvalue weighted by atomic mass is 16.5. The third kappa shape index (κ3) is 8.03. The highest BCUT2D eigenvalue weighted by Crippen LogP contribution is 2.43. The van der Waals surface area contributed by atoms with Crippen molar-refractivity contribution in [3.63, 3.8) is 0 Å². The highest BCUT2D eigenvalue weighted by molar-refractivity contribution is 5.53. The molecule has 0 atom stereocenters. The first-order valence-electron chi connectivity index (χ1n) is 18.0. The minimum absolute atomic E-state index is 0.385. The molecule has 0 saturated heterocycles. The number of hydrogen-bond acceptors (Lipinski definition) is 6. The lowest BCUT2D eigenvalue weighted by atomic mass is 9.73. The average Bonchev–Trinajstić information content (AvgIpc) is 3.17. The van der Waals surface area contributed by atoms with E-state index >= 15 is 0 Å². The van der Waals surface area contributed by atoms with Crippen molar-refractivity contribution >= 4 is 11.4 Å². The van der Waals surface area contributed by atoms with E-state index in [0.717, 1.165) is 22.6 Å². The standard InChI is InChI=1S/C48H44N2O4/c1-47(2,43-18-5-7-20-45(43)53-39-26-22-37(23-27-39)51-41-16-10-14-35(49)31-41)33-12-9-13-34(30-33)48(3,4)44-19-6-8-21-46(44)54-40-28-24-38(25-29-40)52-42-17-11-15-36(50)32-42/h5-32H,49-50H2,1-4H3. The molecule has 54 heavy (non-hydrogen) atoms. The molecule has 0 bridgehead atoms. The van der Waals surface area contributed by atoms with Crippen LogP contribution < -0.4 is 30.4 Å². The fourth-order valence-corrected chi connectivity index (χ4v) is 6.59. The average molecular weight is 713 g/mol. The van der Waals surface area contributed by atoms with Crippen LogP contribution >= 0.6 is 0 Å². The van der Waals surface area contributed by atoms with Gasteiger partial charge in [-0.3, -0.25) is 0 Å². The summed E-state index contributed by atoms with van der Waals surface area (Å²) in [6, 6.07) is 55.2. The molecule has 0 aliphatic carbocycles. The summed E-state index contributed by atoms with van der Waals surface area (Å²) < 4.78 is 25.0. The summed E-state index contributed by atoms with van der Waals surface area (Å²) in [6.07, 6.45) is 0. The molecule has 7 aromatic rings. The molecule has 7 aromatic carbocycles. The predicted molar refractivity (Wildman–Crippen MR) is 218 cm³/mol. The summed E-state index contributed by atoms with van der Waals surface area (Å²) in [4.78, 5) is 0. The monoisotopic (exact) mass is 712 g/mol. The molecule has 0 radical (unpaired) electrons. The Morgan fingerprint density at radius 3 is 1.07 bits per heavy atom. The van der Waals surface area contributed by atoms with Crippen molar-refractivity contribution in [2.75, 3.05) is 11.5 Å². The molecule has 6 nitrogen and oxygen atoms in total. The summed E-state index contributed by atoms with van der Waals surface area (Å²) in [6.45, 7) is 8.95. The van der Waals surface area contributed by atoms with Gasteiger partial charge in [0.15, 0.2) is 0 Å². The van der Waals surface area contributed by atoms with Crippen LogP contribution in [0.3, 0.4) is 0 Å². The van der Waals surface area contributed by atoms with Gasteiger partial charge in [0.25, 0.3) is 0 Å². The van der Waals surface area contributed by atoms with Gasteiger partial charge in [-0.05, 0) is 96.1 Å². The lowest BCUT2D eigenvalue weighted by Crippen LogP contribution is -2.23. The summed E-state index contributed by atoms with van der Waals surface area (Å²) in [5.41, 5.74) is 16.9. The number of hydrogen-bond donors (Lipinski definition) is 2. The Bertz CT molecular complexity index is 2200. The number of anilines is 2. The van der Waals surface area contributed by atoms with E-state index in [0.29, 0.717) is 45.9 Å². The van der Waals surface area contributed by atoms with Crippen LogP contribution in [0.5, 0.6) is 46.0 Å². The predicted octanol–water partition coefficient (Wildman–Crippen LogP) is 12.7. The van der Waals surface area contributed by atoms with E-state index in [-0.39, 0.29) is 10.8 Å². The Morgan fingerprint density at radius 1 is 0.333 bits per heavy atom. The Labute approximate surface area is 317 Å². The maximum atomic E-state index is 6.52. The molecule has 0 fully saturated rings. The van der Waals surface area contributed by atoms with E-state index in [1.165, 1.54) is 11.1 Å². The van der Waals surface area contributed by atoms with E-state index in [9.17, 15) is 0 Å². The van der Waals surface area contributed by atoms with Crippen molar-refractivity contribution in [2.24, 2.45) is 0 Å². The minimum Gasteiger partial charge on any atom is -0.457 e. The molecule has 6 heteroatoms. The first-order valence-corrected chi connectivity index (χ1v) is 18.0. The topological polar surface area (TPSA) is 89.0 Å². The molecule has 7 rings (SSSR count). The lowest BCUT2D eigenvalue weighted by Gasteiger charge is -2.32. The van der Waals surface area contributed by atoms with Crippen molar-refractivity contribution in [1.82, 2.24) is 0 Å². The molecular formula is C48H44N2O4. The molecule has 0 spiro atoms. The number of para-hydroxylation sites is 2. The zero-order valence-electron chi connectivity index (χ0n) is 31.0. The fraction of sp³-hybridized carbons (Fsp3) is 0.125. The Kier molecular flexibility index (Phi) is 10.0. The van der Waals surface area contributed by atoms with Crippen molar-refractivity contribution in [3.05, 3.63) is 192 Å². The van der Waals surface area contributed by atoms with E-state index in [4.69, 9.17) is 30.4 Å². The Hall–Kier alpha value is -6.66. The fourth-order valence-electron chi connectivity index (χ4n) is 6.59. The summed E-state index contributed by atoms with van der Waals surface area (Å²) in [7, 11) is 0. The second-order valence-corrected chi connectivity index (χ2v) is 14.3. The zero-order valence-corrected chi connectivity index (χ0v) is 31.0. The molecular weight excluding hydrogens is 669 g/mol. The van der Waals surface area contributed by atoms with Gasteiger partial charge in [-0.25, -0.2) is 0 Å². The summed E-state index contributed by atoms with van der Waals surface area (Å²) >= 11 is 0. The van der Waals surface area contributed by atoms with Gasteiger partial charge in [0.05, 0.1) is 0 Å². The number of benzene rings is 7. The van der Waals surface area contributed by atoms with Gasteiger partial charge in [-0.2, -0.15) is 0 Å². The molecule has 0 amide bonds. The quantitative estimate of drug-likeness (QED) is 0.123. The van der Waals surface area contributed by atoms with Gasteiger partial charge in [0.1, 0.15) is 46.0 Å². The van der Waals surface area contributed by atoms with Crippen LogP contribution in [-0.2, 0) is 10.8 Å². The zero-order chi connectivity index (χ0) is 37.7. The minimum atomic E-state index is -0.385. The Balaban J connectivity index is 1.10. The summed E-state index contributed by atoms with van der Waals surface area (Å²) in [5, 5.41) is 0. The number of ether oxygens (including phenoxy) is 4. The van der Waals surface area contributed by atoms with Crippen molar-refractivity contribution in [3.8, 4) is 46.0 Å². The Morgan fingerprint density at radius 2 is 0.685 bits per heavy atom. The van der Waals surface area contributed by atoms with Gasteiger partial charge >= 0.3 is 0 Å². The van der Waals surface area contributed by atoms with Crippen LogP contribution in [0.25, 0.3) is 0 Å². The van der Waals surface area contributed by atoms with Crippen molar-refractivity contribution < 1.29 is 18.9 Å². The maximum Gasteiger partial charge on any atom is 0.131 e. The third-order valence-electron chi connectivity index (χ3n) is 9.72. The lowest BCUT2D eigenvalue weighted by molar-refractivity contribution is 0.454. The van der Waals surface area contributed by atoms with Gasteiger partial charge in [0, 0.05) is 45.5 Å². The maximum absolute atomic E-state index is 6.52. The number of rotatable bonds is 12. The van der Waals surface area contributed by atoms with Gasteiger partial charge in [-0.15, -0.1) is 0 Å². The number of nitrogens with two attached hydrogens (primary N) is 2. The normalized spacial score (nSPS) is 11.5. The van der Waals surface area contributed by atoms with Crippen LogP contribution in [-0.4, -0.2) is 0 Å². The molecule has 0 heterocycles. The molecule has 0 aromatic heterocycles. The smallest absolute Gasteiger partial charge is 0.131 e. The first-order chi connectivity index (χ1) is 26.0. The van der Waals surface area contributed by atoms with Gasteiger partial charge in [-0.1, -0.05) is 100 Å². The van der Waals surface area contributed by atoms with Gasteiger partial charge in [0.2, 0.25) is 0 Å². The molecule has 270 valence electrons. The van der Waals surface area contributed by atoms with Crippen LogP contribution in [0.2, 0.25) is 0 Å². The second-order valence-electron chi connectivity index (χ2n) is 14.3. The van der Waals surface area contributed by atoms with Crippen LogP contribution in [0.4, 0.5) is 11.4 Å². The van der Waals surface area contributed by atoms with E-state index in [2.05, 4.69) is 76.2 Å². The SMILES string of the molecule is CC(C)(c1cccc(C(C)(C)c2ccccc2Oc2ccc(Oc3cccc(N)c3)cc2)c1)c1ccccc1Oc1ccc(Oc2cccc(N)c2)cc1. The van der Waals surface area contributed by atoms with E-state index in [1.807, 2.05) is 109 Å². The van der Waals surface area contributed by atoms with E-state index < -0.39 is 0 Å². The summed E-state index contributed by atoms with van der Waals surface area (Å²) in [5.74, 6) is 5.78. The molecule has 0 aliphatic heterocycles. The van der Waals surface area contributed by atoms with Crippen LogP contribution in [0, 0.1) is 0 Å². The number of nitrogen functional groups attached to an aromatic ring is 2. The molecule has 0 aliphatic rings. The van der Waals surface area contributed by atoms with Crippen LogP contribution in [0.15, 0.2) is 170 Å². The largest absolute Gasteiger partial charge is 0.457 e. The van der Waals surface area contributed by atoms with Crippen LogP contribution in [0.1, 0.15) is 49.9 Å². The van der Waals surface area contributed by atoms with Crippen molar-refractivity contribution in [2.45, 2.75) is 38.5 Å². The first kappa shape index (κ1) is 35.7. The van der Waals surface area contributed by atoms with Gasteiger partial charge < -0.3 is 30.4 Å². The van der Waals surface area contributed by atoms with E-state index in [1.54, 1.807) is 12.1 Å². The van der Waals surface area contributed by atoms with Crippen molar-refractivity contribution in [1.29, 1.82) is 0 Å². The second kappa shape index (κ2) is 15.1.